The Bertz CT molecular complexity index is 847. The highest BCUT2D eigenvalue weighted by Crippen LogP contribution is 2.31. The summed E-state index contributed by atoms with van der Waals surface area (Å²) < 4.78 is 5.85. The Balaban J connectivity index is 2.14. The number of nitriles is 1. The molecule has 114 valence electrons. The SMILES string of the molecule is CC(C)Oc1cc(-c2ccccc2)cc(-c2nn[nH]c2C#N)c1. The lowest BCUT2D eigenvalue weighted by Crippen LogP contribution is -2.05. The number of ether oxygens (including phenoxy) is 1. The second-order valence-corrected chi connectivity index (χ2v) is 5.43. The average Bonchev–Trinajstić information content (AvgIpc) is 3.03. The smallest absolute Gasteiger partial charge is 0.163 e. The number of nitrogens with zero attached hydrogens (tertiary/aromatic N) is 3. The van der Waals surface area contributed by atoms with Crippen LogP contribution in [-0.2, 0) is 0 Å². The molecule has 1 heterocycles. The quantitative estimate of drug-likeness (QED) is 0.795. The first-order chi connectivity index (χ1) is 11.2. The van der Waals surface area contributed by atoms with Crippen molar-refractivity contribution in [2.75, 3.05) is 0 Å². The summed E-state index contributed by atoms with van der Waals surface area (Å²) in [6.45, 7) is 3.96. The number of nitrogens with one attached hydrogen (secondary N) is 1. The fourth-order valence-electron chi connectivity index (χ4n) is 2.38. The maximum atomic E-state index is 9.18. The summed E-state index contributed by atoms with van der Waals surface area (Å²) in [6, 6.07) is 18.0. The van der Waals surface area contributed by atoms with Gasteiger partial charge in [-0.1, -0.05) is 35.5 Å². The van der Waals surface area contributed by atoms with E-state index in [2.05, 4.69) is 21.5 Å². The number of benzene rings is 2. The van der Waals surface area contributed by atoms with Crippen molar-refractivity contribution in [3.05, 3.63) is 54.2 Å². The zero-order valence-electron chi connectivity index (χ0n) is 12.9. The Kier molecular flexibility index (Phi) is 4.07. The highest BCUT2D eigenvalue weighted by molar-refractivity contribution is 5.75. The summed E-state index contributed by atoms with van der Waals surface area (Å²) in [5.41, 5.74) is 3.74. The Hall–Kier alpha value is -3.13. The molecule has 0 amide bonds. The molecule has 0 saturated carbocycles. The van der Waals surface area contributed by atoms with Crippen LogP contribution >= 0.6 is 0 Å². The Morgan fingerprint density at radius 1 is 1.04 bits per heavy atom. The number of hydrogen-bond donors (Lipinski definition) is 1. The molecule has 1 aromatic heterocycles. The fraction of sp³-hybridized carbons (Fsp3) is 0.167. The minimum atomic E-state index is 0.0571. The van der Waals surface area contributed by atoms with Crippen molar-refractivity contribution >= 4 is 0 Å². The van der Waals surface area contributed by atoms with Crippen molar-refractivity contribution in [1.82, 2.24) is 15.4 Å². The first-order valence-corrected chi connectivity index (χ1v) is 7.36. The molecular formula is C18H16N4O. The molecule has 0 aliphatic carbocycles. The molecule has 0 aliphatic heterocycles. The van der Waals surface area contributed by atoms with Crippen LogP contribution in [0.25, 0.3) is 22.4 Å². The summed E-state index contributed by atoms with van der Waals surface area (Å²) in [5.74, 6) is 0.739. The lowest BCUT2D eigenvalue weighted by Gasteiger charge is -2.13. The van der Waals surface area contributed by atoms with Gasteiger partial charge in [0.05, 0.1) is 6.10 Å². The Labute approximate surface area is 134 Å². The highest BCUT2D eigenvalue weighted by atomic mass is 16.5. The minimum absolute atomic E-state index is 0.0571. The standard InChI is InChI=1S/C18H16N4O/c1-12(2)23-16-9-14(13-6-4-3-5-7-13)8-15(10-16)18-17(11-19)20-22-21-18/h3-10,12H,1-2H3,(H,20,21,22). The molecular weight excluding hydrogens is 288 g/mol. The van der Waals surface area contributed by atoms with E-state index in [1.54, 1.807) is 0 Å². The van der Waals surface area contributed by atoms with Gasteiger partial charge < -0.3 is 4.74 Å². The van der Waals surface area contributed by atoms with Crippen molar-refractivity contribution in [2.45, 2.75) is 20.0 Å². The average molecular weight is 304 g/mol. The van der Waals surface area contributed by atoms with Crippen molar-refractivity contribution < 1.29 is 4.74 Å². The molecule has 5 heteroatoms. The lowest BCUT2D eigenvalue weighted by atomic mass is 10.0. The fourth-order valence-corrected chi connectivity index (χ4v) is 2.38. The van der Waals surface area contributed by atoms with Crippen molar-refractivity contribution in [2.24, 2.45) is 0 Å². The maximum Gasteiger partial charge on any atom is 0.163 e. The summed E-state index contributed by atoms with van der Waals surface area (Å²) in [4.78, 5) is 0. The van der Waals surface area contributed by atoms with E-state index in [1.807, 2.05) is 62.4 Å². The van der Waals surface area contributed by atoms with Gasteiger partial charge in [0, 0.05) is 5.56 Å². The molecule has 23 heavy (non-hydrogen) atoms. The van der Waals surface area contributed by atoms with E-state index < -0.39 is 0 Å². The third-order valence-electron chi connectivity index (χ3n) is 3.32. The summed E-state index contributed by atoms with van der Waals surface area (Å²) in [7, 11) is 0. The van der Waals surface area contributed by atoms with Crippen LogP contribution in [0.2, 0.25) is 0 Å². The molecule has 2 aromatic carbocycles. The van der Waals surface area contributed by atoms with E-state index in [0.717, 1.165) is 22.4 Å². The highest BCUT2D eigenvalue weighted by Gasteiger charge is 2.13. The van der Waals surface area contributed by atoms with Gasteiger partial charge in [0.1, 0.15) is 17.5 Å². The van der Waals surface area contributed by atoms with Gasteiger partial charge >= 0.3 is 0 Å². The van der Waals surface area contributed by atoms with E-state index in [1.165, 1.54) is 0 Å². The Morgan fingerprint density at radius 2 is 1.78 bits per heavy atom. The number of hydrogen-bond acceptors (Lipinski definition) is 4. The third kappa shape index (κ3) is 3.22. The van der Waals surface area contributed by atoms with E-state index in [9.17, 15) is 5.26 Å². The first kappa shape index (κ1) is 14.8. The predicted octanol–water partition coefficient (Wildman–Crippen LogP) is 3.80. The molecule has 3 aromatic rings. The van der Waals surface area contributed by atoms with Gasteiger partial charge in [-0.25, -0.2) is 5.10 Å². The van der Waals surface area contributed by atoms with E-state index in [-0.39, 0.29) is 6.10 Å². The normalized spacial score (nSPS) is 10.5. The molecule has 1 N–H and O–H groups in total. The molecule has 0 saturated heterocycles. The monoisotopic (exact) mass is 304 g/mol. The topological polar surface area (TPSA) is 74.6 Å². The maximum absolute atomic E-state index is 9.18. The summed E-state index contributed by atoms with van der Waals surface area (Å²) in [5, 5.41) is 19.5. The first-order valence-electron chi connectivity index (χ1n) is 7.36. The van der Waals surface area contributed by atoms with Gasteiger partial charge in [0.15, 0.2) is 5.69 Å². The van der Waals surface area contributed by atoms with Gasteiger partial charge in [-0.15, -0.1) is 5.10 Å². The summed E-state index contributed by atoms with van der Waals surface area (Å²) in [6.07, 6.45) is 0.0571. The number of aromatic amines is 1. The van der Waals surface area contributed by atoms with Crippen LogP contribution in [-0.4, -0.2) is 21.5 Å². The van der Waals surface area contributed by atoms with Crippen LogP contribution in [0.4, 0.5) is 0 Å². The molecule has 3 rings (SSSR count). The van der Waals surface area contributed by atoms with Crippen LogP contribution in [0, 0.1) is 11.3 Å². The molecule has 0 radical (unpaired) electrons. The minimum Gasteiger partial charge on any atom is -0.491 e. The molecule has 0 spiro atoms. The summed E-state index contributed by atoms with van der Waals surface area (Å²) >= 11 is 0. The van der Waals surface area contributed by atoms with Gasteiger partial charge in [-0.05, 0) is 43.2 Å². The van der Waals surface area contributed by atoms with Gasteiger partial charge in [-0.2, -0.15) is 5.26 Å². The van der Waals surface area contributed by atoms with E-state index >= 15 is 0 Å². The van der Waals surface area contributed by atoms with Crippen molar-refractivity contribution in [3.8, 4) is 34.2 Å². The molecule has 5 nitrogen and oxygen atoms in total. The zero-order chi connectivity index (χ0) is 16.2. The zero-order valence-corrected chi connectivity index (χ0v) is 12.9. The molecule has 0 fully saturated rings. The van der Waals surface area contributed by atoms with Gasteiger partial charge in [0.25, 0.3) is 0 Å². The number of rotatable bonds is 4. The molecule has 0 unspecified atom stereocenters. The largest absolute Gasteiger partial charge is 0.491 e. The third-order valence-corrected chi connectivity index (χ3v) is 3.32. The number of aromatic nitrogens is 3. The van der Waals surface area contributed by atoms with Crippen molar-refractivity contribution in [3.63, 3.8) is 0 Å². The van der Waals surface area contributed by atoms with Crippen LogP contribution in [0.1, 0.15) is 19.5 Å². The van der Waals surface area contributed by atoms with E-state index in [0.29, 0.717) is 11.4 Å². The van der Waals surface area contributed by atoms with Crippen LogP contribution < -0.4 is 4.74 Å². The van der Waals surface area contributed by atoms with Crippen LogP contribution in [0.3, 0.4) is 0 Å². The lowest BCUT2D eigenvalue weighted by molar-refractivity contribution is 0.242. The van der Waals surface area contributed by atoms with Crippen molar-refractivity contribution in [1.29, 1.82) is 5.26 Å². The van der Waals surface area contributed by atoms with Crippen LogP contribution in [0.15, 0.2) is 48.5 Å². The van der Waals surface area contributed by atoms with Gasteiger partial charge in [0.2, 0.25) is 0 Å². The number of H-pyrrole nitrogens is 1. The predicted molar refractivity (Wildman–Crippen MR) is 87.7 cm³/mol. The van der Waals surface area contributed by atoms with Crippen LogP contribution in [0.5, 0.6) is 5.75 Å². The second-order valence-electron chi connectivity index (χ2n) is 5.43. The van der Waals surface area contributed by atoms with Gasteiger partial charge in [-0.3, -0.25) is 0 Å². The molecule has 0 atom stereocenters. The van der Waals surface area contributed by atoms with E-state index in [4.69, 9.17) is 4.74 Å². The molecule has 0 aliphatic rings. The molecule has 0 bridgehead atoms. The second kappa shape index (κ2) is 6.32. The Morgan fingerprint density at radius 3 is 2.48 bits per heavy atom.